The SMILES string of the molecule is Cc1cccc(N(c2ccccc2)c2cc3c(s2)c2sc(N(c4ccccc4)c4cccc(C)c4)cc2c2c4sc(N(c5ccccc5)c5cccc(C)c5)cc4sc32)c1. The molecule has 60 heavy (non-hydrogen) atoms. The van der Waals surface area contributed by atoms with Crippen molar-refractivity contribution in [3.8, 4) is 0 Å². The fourth-order valence-electron chi connectivity index (χ4n) is 8.33. The molecule has 0 radical (unpaired) electrons. The Bertz CT molecular complexity index is 3320. The third kappa shape index (κ3) is 6.46. The van der Waals surface area contributed by atoms with Crippen molar-refractivity contribution in [3.05, 3.63) is 199 Å². The molecule has 11 aromatic rings. The van der Waals surface area contributed by atoms with E-state index in [4.69, 9.17) is 0 Å². The van der Waals surface area contributed by atoms with Gasteiger partial charge in [0.25, 0.3) is 0 Å². The van der Waals surface area contributed by atoms with Crippen LogP contribution in [0.4, 0.5) is 49.1 Å². The molecule has 3 nitrogen and oxygen atoms in total. The second kappa shape index (κ2) is 15.1. The van der Waals surface area contributed by atoms with Gasteiger partial charge in [-0.25, -0.2) is 0 Å². The van der Waals surface area contributed by atoms with Crippen LogP contribution in [-0.4, -0.2) is 0 Å². The number of aryl methyl sites for hydroxylation is 3. The van der Waals surface area contributed by atoms with Gasteiger partial charge in [0, 0.05) is 59.7 Å². The molecule has 7 heteroatoms. The Morgan fingerprint density at radius 3 is 1.10 bits per heavy atom. The number of benzene rings is 7. The highest BCUT2D eigenvalue weighted by Crippen LogP contribution is 2.56. The van der Waals surface area contributed by atoms with Gasteiger partial charge in [-0.05, 0) is 128 Å². The first-order chi connectivity index (χ1) is 29.5. The Balaban J connectivity index is 1.20. The average molecular weight is 846 g/mol. The lowest BCUT2D eigenvalue weighted by Gasteiger charge is -2.24. The van der Waals surface area contributed by atoms with Crippen LogP contribution < -0.4 is 14.7 Å². The van der Waals surface area contributed by atoms with E-state index < -0.39 is 0 Å². The number of nitrogens with zero attached hydrogens (tertiary/aromatic N) is 3. The second-order valence-electron chi connectivity index (χ2n) is 15.3. The van der Waals surface area contributed by atoms with Crippen molar-refractivity contribution in [2.24, 2.45) is 0 Å². The fourth-order valence-corrected chi connectivity index (χ4v) is 13.7. The van der Waals surface area contributed by atoms with Gasteiger partial charge in [-0.2, -0.15) is 0 Å². The Hall–Kier alpha value is -6.22. The summed E-state index contributed by atoms with van der Waals surface area (Å²) in [5, 5.41) is 7.59. The summed E-state index contributed by atoms with van der Waals surface area (Å²) in [6, 6.07) is 66.3. The van der Waals surface area contributed by atoms with E-state index in [1.54, 1.807) is 0 Å². The van der Waals surface area contributed by atoms with Crippen LogP contribution in [0.1, 0.15) is 16.7 Å². The van der Waals surface area contributed by atoms with Crippen molar-refractivity contribution in [2.45, 2.75) is 20.8 Å². The Kier molecular flexibility index (Phi) is 9.27. The first-order valence-corrected chi connectivity index (χ1v) is 23.3. The third-order valence-electron chi connectivity index (χ3n) is 11.0. The second-order valence-corrected chi connectivity index (χ2v) is 19.4. The molecule has 0 aliphatic heterocycles. The third-order valence-corrected chi connectivity index (χ3v) is 15.8. The van der Waals surface area contributed by atoms with Crippen LogP contribution in [0.3, 0.4) is 0 Å². The summed E-state index contributed by atoms with van der Waals surface area (Å²) in [4.78, 5) is 7.29. The van der Waals surface area contributed by atoms with E-state index in [1.165, 1.54) is 77.0 Å². The zero-order valence-corrected chi connectivity index (χ0v) is 36.6. The Morgan fingerprint density at radius 2 is 0.667 bits per heavy atom. The molecule has 0 N–H and O–H groups in total. The highest BCUT2D eigenvalue weighted by atomic mass is 32.1. The molecule has 7 aromatic carbocycles. The Morgan fingerprint density at radius 1 is 0.300 bits per heavy atom. The number of para-hydroxylation sites is 3. The molecule has 290 valence electrons. The van der Waals surface area contributed by atoms with Crippen molar-refractivity contribution in [3.63, 3.8) is 0 Å². The van der Waals surface area contributed by atoms with E-state index in [-0.39, 0.29) is 0 Å². The molecular formula is C53H39N3S4. The van der Waals surface area contributed by atoms with Gasteiger partial charge < -0.3 is 14.7 Å². The standard InChI is InChI=1S/C53H39N3S4/c1-34-16-13-25-40(28-34)54(37-19-7-4-8-20-37)46-31-43-49-50(57-45-33-48(60-53(45)49)56(39-23-11-6-12-24-39)42-27-15-18-36(3)30-42)44-32-47(59-52(44)51(43)58-46)55(38-21-9-5-10-22-38)41-26-14-17-35(2)29-41/h4-33H,1-3H3. The lowest BCUT2D eigenvalue weighted by atomic mass is 10.1. The van der Waals surface area contributed by atoms with Gasteiger partial charge in [-0.3, -0.25) is 0 Å². The van der Waals surface area contributed by atoms with Gasteiger partial charge in [0.05, 0.1) is 14.1 Å². The van der Waals surface area contributed by atoms with E-state index in [1.807, 2.05) is 45.3 Å². The van der Waals surface area contributed by atoms with E-state index in [0.717, 1.165) is 28.4 Å². The maximum absolute atomic E-state index is 2.47. The van der Waals surface area contributed by atoms with Crippen molar-refractivity contribution in [1.82, 2.24) is 0 Å². The quantitative estimate of drug-likeness (QED) is 0.143. The van der Waals surface area contributed by atoms with Gasteiger partial charge in [-0.1, -0.05) is 91.0 Å². The van der Waals surface area contributed by atoms with E-state index >= 15 is 0 Å². The molecule has 0 atom stereocenters. The van der Waals surface area contributed by atoms with Crippen LogP contribution in [0, 0.1) is 20.8 Å². The van der Waals surface area contributed by atoms with Crippen LogP contribution in [0.15, 0.2) is 182 Å². The van der Waals surface area contributed by atoms with Crippen molar-refractivity contribution in [1.29, 1.82) is 0 Å². The summed E-state index contributed by atoms with van der Waals surface area (Å²) in [7, 11) is 0. The summed E-state index contributed by atoms with van der Waals surface area (Å²) in [5.41, 5.74) is 10.7. The van der Waals surface area contributed by atoms with Crippen LogP contribution in [0.5, 0.6) is 0 Å². The van der Waals surface area contributed by atoms with Gasteiger partial charge in [0.2, 0.25) is 0 Å². The summed E-state index contributed by atoms with van der Waals surface area (Å²) in [5.74, 6) is 0. The Labute approximate surface area is 365 Å². The van der Waals surface area contributed by atoms with Crippen LogP contribution in [-0.2, 0) is 0 Å². The first-order valence-electron chi connectivity index (χ1n) is 20.1. The molecule has 0 spiro atoms. The minimum atomic E-state index is 1.15. The minimum Gasteiger partial charge on any atom is -0.302 e. The van der Waals surface area contributed by atoms with Crippen LogP contribution in [0.25, 0.3) is 39.7 Å². The highest BCUT2D eigenvalue weighted by molar-refractivity contribution is 7.36. The summed E-state index contributed by atoms with van der Waals surface area (Å²) >= 11 is 7.64. The first kappa shape index (κ1) is 36.8. The van der Waals surface area contributed by atoms with Gasteiger partial charge >= 0.3 is 0 Å². The largest absolute Gasteiger partial charge is 0.302 e. The molecule has 4 heterocycles. The average Bonchev–Trinajstić information content (AvgIpc) is 4.06. The molecule has 4 aromatic heterocycles. The molecule has 0 bridgehead atoms. The predicted molar refractivity (Wildman–Crippen MR) is 266 cm³/mol. The summed E-state index contributed by atoms with van der Waals surface area (Å²) in [6.07, 6.45) is 0. The molecule has 11 rings (SSSR count). The van der Waals surface area contributed by atoms with Crippen molar-refractivity contribution < 1.29 is 0 Å². The van der Waals surface area contributed by atoms with Crippen LogP contribution in [0.2, 0.25) is 0 Å². The van der Waals surface area contributed by atoms with E-state index in [0.29, 0.717) is 0 Å². The molecular weight excluding hydrogens is 807 g/mol. The summed E-state index contributed by atoms with van der Waals surface area (Å²) in [6.45, 7) is 6.53. The predicted octanol–water partition coefficient (Wildman–Crippen LogP) is 17.9. The van der Waals surface area contributed by atoms with Crippen LogP contribution >= 0.6 is 45.3 Å². The van der Waals surface area contributed by atoms with E-state index in [2.05, 4.69) is 217 Å². The fraction of sp³-hybridized carbons (Fsp3) is 0.0566. The molecule has 0 unspecified atom stereocenters. The normalized spacial score (nSPS) is 11.6. The van der Waals surface area contributed by atoms with Gasteiger partial charge in [0.1, 0.15) is 15.0 Å². The molecule has 0 amide bonds. The lowest BCUT2D eigenvalue weighted by molar-refractivity contribution is 1.30. The highest BCUT2D eigenvalue weighted by Gasteiger charge is 2.26. The maximum Gasteiger partial charge on any atom is 0.102 e. The molecule has 0 fully saturated rings. The lowest BCUT2D eigenvalue weighted by Crippen LogP contribution is -2.08. The topological polar surface area (TPSA) is 9.72 Å². The number of rotatable bonds is 9. The van der Waals surface area contributed by atoms with Crippen molar-refractivity contribution >= 4 is 134 Å². The smallest absolute Gasteiger partial charge is 0.102 e. The molecule has 0 saturated carbocycles. The summed E-state index contributed by atoms with van der Waals surface area (Å²) < 4.78 is 6.64. The number of anilines is 9. The maximum atomic E-state index is 2.47. The van der Waals surface area contributed by atoms with Gasteiger partial charge in [0.15, 0.2) is 0 Å². The molecule has 0 aliphatic rings. The zero-order chi connectivity index (χ0) is 40.3. The van der Waals surface area contributed by atoms with E-state index in [9.17, 15) is 0 Å². The zero-order valence-electron chi connectivity index (χ0n) is 33.3. The number of hydrogen-bond donors (Lipinski definition) is 0. The number of thiophene rings is 4. The monoisotopic (exact) mass is 845 g/mol. The molecule has 0 saturated heterocycles. The van der Waals surface area contributed by atoms with Gasteiger partial charge in [-0.15, -0.1) is 45.3 Å². The van der Waals surface area contributed by atoms with Crippen molar-refractivity contribution in [2.75, 3.05) is 14.7 Å². The number of fused-ring (bicyclic) bond motifs is 8. The number of hydrogen-bond acceptors (Lipinski definition) is 7. The minimum absolute atomic E-state index is 1.15. The molecule has 0 aliphatic carbocycles.